The number of pyridine rings is 1. The van der Waals surface area contributed by atoms with E-state index in [0.717, 1.165) is 31.2 Å². The summed E-state index contributed by atoms with van der Waals surface area (Å²) in [7, 11) is 0. The van der Waals surface area contributed by atoms with Crippen molar-refractivity contribution in [2.45, 2.75) is 31.2 Å². The molecule has 1 N–H and O–H groups in total. The number of nitrogens with one attached hydrogen (secondary N) is 1. The van der Waals surface area contributed by atoms with E-state index < -0.39 is 5.54 Å². The van der Waals surface area contributed by atoms with Crippen molar-refractivity contribution in [3.63, 3.8) is 0 Å². The van der Waals surface area contributed by atoms with E-state index in [4.69, 9.17) is 0 Å². The Labute approximate surface area is 123 Å². The van der Waals surface area contributed by atoms with Gasteiger partial charge in [0.1, 0.15) is 5.82 Å². The topological polar surface area (TPSA) is 42.0 Å². The Balaban J connectivity index is 1.90. The lowest BCUT2D eigenvalue weighted by Gasteiger charge is -2.31. The van der Waals surface area contributed by atoms with Gasteiger partial charge in [-0.15, -0.1) is 0 Å². The number of hydrogen-bond acceptors (Lipinski definition) is 2. The fourth-order valence-electron chi connectivity index (χ4n) is 3.04. The minimum atomic E-state index is -0.463. The summed E-state index contributed by atoms with van der Waals surface area (Å²) in [5.41, 5.74) is 0.909. The quantitative estimate of drug-likeness (QED) is 0.938. The van der Waals surface area contributed by atoms with Crippen molar-refractivity contribution in [2.75, 3.05) is 0 Å². The molecule has 0 aliphatic heterocycles. The molecule has 0 radical (unpaired) electrons. The Morgan fingerprint density at radius 1 is 1.19 bits per heavy atom. The lowest BCUT2D eigenvalue weighted by Crippen LogP contribution is -2.43. The van der Waals surface area contributed by atoms with E-state index in [0.29, 0.717) is 5.56 Å². The summed E-state index contributed by atoms with van der Waals surface area (Å²) >= 11 is 0. The molecule has 3 rings (SSSR count). The molecule has 0 unspecified atom stereocenters. The second-order valence-electron chi connectivity index (χ2n) is 5.50. The van der Waals surface area contributed by atoms with Gasteiger partial charge in [0.2, 0.25) is 0 Å². The Morgan fingerprint density at radius 3 is 2.67 bits per heavy atom. The molecule has 1 heterocycles. The van der Waals surface area contributed by atoms with Crippen molar-refractivity contribution in [3.05, 3.63) is 65.7 Å². The lowest BCUT2D eigenvalue weighted by molar-refractivity contribution is 0.0897. The molecule has 1 aromatic carbocycles. The highest BCUT2D eigenvalue weighted by Crippen LogP contribution is 2.39. The Bertz CT molecular complexity index is 636. The fourth-order valence-corrected chi connectivity index (χ4v) is 3.04. The highest BCUT2D eigenvalue weighted by molar-refractivity contribution is 5.94. The third-order valence-electron chi connectivity index (χ3n) is 4.11. The molecule has 1 fully saturated rings. The summed E-state index contributed by atoms with van der Waals surface area (Å²) in [6.45, 7) is 0. The van der Waals surface area contributed by atoms with Gasteiger partial charge in [-0.1, -0.05) is 25.0 Å². The first-order valence-electron chi connectivity index (χ1n) is 7.18. The number of amides is 1. The number of rotatable bonds is 3. The molecule has 108 valence electrons. The first-order valence-corrected chi connectivity index (χ1v) is 7.18. The van der Waals surface area contributed by atoms with Crippen LogP contribution in [0, 0.1) is 5.82 Å². The van der Waals surface area contributed by atoms with Gasteiger partial charge in [0.15, 0.2) is 0 Å². The number of hydrogen-bond donors (Lipinski definition) is 1. The second kappa shape index (κ2) is 5.64. The molecular formula is C17H17FN2O. The zero-order chi connectivity index (χ0) is 14.7. The van der Waals surface area contributed by atoms with Gasteiger partial charge in [-0.3, -0.25) is 9.78 Å². The average Bonchev–Trinajstić information content (AvgIpc) is 2.98. The highest BCUT2D eigenvalue weighted by atomic mass is 19.1. The molecule has 0 spiro atoms. The van der Waals surface area contributed by atoms with E-state index in [-0.39, 0.29) is 11.7 Å². The predicted octanol–water partition coefficient (Wildman–Crippen LogP) is 3.42. The van der Waals surface area contributed by atoms with Crippen LogP contribution >= 0.6 is 0 Å². The smallest absolute Gasteiger partial charge is 0.253 e. The van der Waals surface area contributed by atoms with Crippen molar-refractivity contribution in [1.82, 2.24) is 10.3 Å². The summed E-state index contributed by atoms with van der Waals surface area (Å²) in [5, 5.41) is 3.11. The molecule has 1 aromatic heterocycles. The van der Waals surface area contributed by atoms with Crippen LogP contribution in [0.1, 0.15) is 41.6 Å². The number of carbonyl (C=O) groups excluding carboxylic acids is 1. The van der Waals surface area contributed by atoms with Crippen LogP contribution in [0.15, 0.2) is 48.8 Å². The lowest BCUT2D eigenvalue weighted by atomic mass is 9.87. The molecule has 3 nitrogen and oxygen atoms in total. The van der Waals surface area contributed by atoms with E-state index in [9.17, 15) is 9.18 Å². The van der Waals surface area contributed by atoms with Crippen molar-refractivity contribution >= 4 is 5.91 Å². The Hall–Kier alpha value is -2.23. The highest BCUT2D eigenvalue weighted by Gasteiger charge is 2.37. The van der Waals surface area contributed by atoms with Crippen LogP contribution in [-0.2, 0) is 5.54 Å². The van der Waals surface area contributed by atoms with Crippen LogP contribution in [0.25, 0.3) is 0 Å². The number of carbonyl (C=O) groups is 1. The maximum atomic E-state index is 13.5. The number of aromatic nitrogens is 1. The van der Waals surface area contributed by atoms with Crippen molar-refractivity contribution in [3.8, 4) is 0 Å². The normalized spacial score (nSPS) is 16.6. The monoisotopic (exact) mass is 284 g/mol. The van der Waals surface area contributed by atoms with Crippen LogP contribution in [0.3, 0.4) is 0 Å². The van der Waals surface area contributed by atoms with Gasteiger partial charge in [0.05, 0.1) is 11.1 Å². The summed E-state index contributed by atoms with van der Waals surface area (Å²) in [6.07, 6.45) is 6.91. The van der Waals surface area contributed by atoms with Crippen LogP contribution in [-0.4, -0.2) is 10.9 Å². The molecule has 1 saturated carbocycles. The van der Waals surface area contributed by atoms with Crippen LogP contribution < -0.4 is 5.32 Å². The third-order valence-corrected chi connectivity index (χ3v) is 4.11. The van der Waals surface area contributed by atoms with Crippen LogP contribution in [0.2, 0.25) is 0 Å². The molecule has 0 bridgehead atoms. The van der Waals surface area contributed by atoms with E-state index in [1.165, 1.54) is 12.1 Å². The van der Waals surface area contributed by atoms with Gasteiger partial charge in [-0.25, -0.2) is 4.39 Å². The first kappa shape index (κ1) is 13.7. The molecule has 21 heavy (non-hydrogen) atoms. The van der Waals surface area contributed by atoms with Gasteiger partial charge < -0.3 is 5.32 Å². The number of halogens is 1. The first-order chi connectivity index (χ1) is 10.2. The summed E-state index contributed by atoms with van der Waals surface area (Å²) in [6, 6.07) is 10.00. The fraction of sp³-hybridized carbons (Fsp3) is 0.294. The zero-order valence-corrected chi connectivity index (χ0v) is 11.7. The van der Waals surface area contributed by atoms with E-state index >= 15 is 0 Å². The third kappa shape index (κ3) is 2.79. The summed E-state index contributed by atoms with van der Waals surface area (Å²) in [4.78, 5) is 16.4. The molecular weight excluding hydrogens is 267 g/mol. The van der Waals surface area contributed by atoms with Crippen molar-refractivity contribution < 1.29 is 9.18 Å². The van der Waals surface area contributed by atoms with Gasteiger partial charge in [-0.2, -0.15) is 0 Å². The molecule has 0 atom stereocenters. The molecule has 2 aromatic rings. The maximum Gasteiger partial charge on any atom is 0.253 e. The van der Waals surface area contributed by atoms with Crippen LogP contribution in [0.5, 0.6) is 0 Å². The van der Waals surface area contributed by atoms with Crippen molar-refractivity contribution in [2.24, 2.45) is 0 Å². The molecule has 1 aliphatic carbocycles. The SMILES string of the molecule is O=C(NC1(c2cccc(F)c2)CCCC1)c1cccnc1. The number of benzene rings is 1. The minimum absolute atomic E-state index is 0.158. The molecule has 0 saturated heterocycles. The van der Waals surface area contributed by atoms with Gasteiger partial charge in [-0.05, 0) is 42.7 Å². The zero-order valence-electron chi connectivity index (χ0n) is 11.7. The number of nitrogens with zero attached hydrogens (tertiary/aromatic N) is 1. The van der Waals surface area contributed by atoms with Crippen molar-refractivity contribution in [1.29, 1.82) is 0 Å². The van der Waals surface area contributed by atoms with Gasteiger partial charge in [0, 0.05) is 12.4 Å². The van der Waals surface area contributed by atoms with E-state index in [2.05, 4.69) is 10.3 Å². The standard InChI is InChI=1S/C17H17FN2O/c18-15-7-3-6-14(11-15)17(8-1-2-9-17)20-16(21)13-5-4-10-19-12-13/h3-7,10-12H,1-2,8-9H2,(H,20,21). The Morgan fingerprint density at radius 2 is 2.00 bits per heavy atom. The molecule has 1 amide bonds. The largest absolute Gasteiger partial charge is 0.342 e. The molecule has 4 heteroatoms. The predicted molar refractivity (Wildman–Crippen MR) is 78.2 cm³/mol. The van der Waals surface area contributed by atoms with Crippen LogP contribution in [0.4, 0.5) is 4.39 Å². The average molecular weight is 284 g/mol. The summed E-state index contributed by atoms with van der Waals surface area (Å²) in [5.74, 6) is -0.427. The summed E-state index contributed by atoms with van der Waals surface area (Å²) < 4.78 is 13.5. The maximum absolute atomic E-state index is 13.5. The second-order valence-corrected chi connectivity index (χ2v) is 5.50. The van der Waals surface area contributed by atoms with Gasteiger partial charge >= 0.3 is 0 Å². The van der Waals surface area contributed by atoms with E-state index in [1.54, 1.807) is 30.6 Å². The molecule has 1 aliphatic rings. The van der Waals surface area contributed by atoms with Gasteiger partial charge in [0.25, 0.3) is 5.91 Å². The Kier molecular flexibility index (Phi) is 3.69. The van der Waals surface area contributed by atoms with E-state index in [1.807, 2.05) is 6.07 Å². The minimum Gasteiger partial charge on any atom is -0.342 e.